The molecule has 0 aliphatic heterocycles. The minimum absolute atomic E-state index is 0.155. The molecule has 0 radical (unpaired) electrons. The summed E-state index contributed by atoms with van der Waals surface area (Å²) < 4.78 is 34.3. The zero-order chi connectivity index (χ0) is 22.7. The van der Waals surface area contributed by atoms with Crippen LogP contribution in [-0.2, 0) is 9.73 Å². The van der Waals surface area contributed by atoms with Gasteiger partial charge in [-0.1, -0.05) is 24.3 Å². The smallest absolute Gasteiger partial charge is 0.255 e. The van der Waals surface area contributed by atoms with Gasteiger partial charge in [-0.3, -0.25) is 4.79 Å². The van der Waals surface area contributed by atoms with Crippen LogP contribution in [0.15, 0.2) is 101 Å². The maximum atomic E-state index is 13.2. The summed E-state index contributed by atoms with van der Waals surface area (Å²) >= 11 is 0. The third-order valence-corrected chi connectivity index (χ3v) is 6.63. The zero-order valence-electron chi connectivity index (χ0n) is 16.8. The number of nitrogens with two attached hydrogens (primary N) is 1. The van der Waals surface area contributed by atoms with Gasteiger partial charge < -0.3 is 11.1 Å². The van der Waals surface area contributed by atoms with Gasteiger partial charge in [-0.05, 0) is 71.8 Å². The standard InChI is InChI=1S/C24H19FN4O2S/c25-19-9-4-16(5-10-19)18-8-13-21(26)22(15-18)29-24(30)17-6-11-20(12-7-17)32(27,31)23-3-1-2-14-28-23/h1-15,27H,26H2,(H,29,30)/t32-/m1/s1. The second-order valence-corrected chi connectivity index (χ2v) is 9.01. The molecule has 0 aliphatic carbocycles. The molecule has 0 bridgehead atoms. The third-order valence-electron chi connectivity index (χ3n) is 4.86. The number of benzene rings is 3. The van der Waals surface area contributed by atoms with Crippen LogP contribution >= 0.6 is 0 Å². The van der Waals surface area contributed by atoms with Crippen LogP contribution < -0.4 is 11.1 Å². The number of rotatable bonds is 5. The first kappa shape index (κ1) is 21.2. The minimum Gasteiger partial charge on any atom is -0.397 e. The number of pyridine rings is 1. The van der Waals surface area contributed by atoms with Crippen LogP contribution in [-0.4, -0.2) is 15.1 Å². The van der Waals surface area contributed by atoms with Gasteiger partial charge in [0.1, 0.15) is 20.6 Å². The molecule has 1 atom stereocenters. The fourth-order valence-electron chi connectivity index (χ4n) is 3.12. The van der Waals surface area contributed by atoms with E-state index < -0.39 is 15.6 Å². The summed E-state index contributed by atoms with van der Waals surface area (Å²) in [5, 5.41) is 2.92. The molecule has 0 fully saturated rings. The van der Waals surface area contributed by atoms with Gasteiger partial charge in [0.05, 0.1) is 16.3 Å². The maximum Gasteiger partial charge on any atom is 0.255 e. The number of aromatic nitrogens is 1. The fraction of sp³-hybridized carbons (Fsp3) is 0. The lowest BCUT2D eigenvalue weighted by atomic mass is 10.0. The number of anilines is 2. The molecule has 8 heteroatoms. The van der Waals surface area contributed by atoms with E-state index in [9.17, 15) is 13.4 Å². The van der Waals surface area contributed by atoms with Crippen molar-refractivity contribution in [3.63, 3.8) is 0 Å². The van der Waals surface area contributed by atoms with Crippen molar-refractivity contribution in [2.75, 3.05) is 11.1 Å². The van der Waals surface area contributed by atoms with Gasteiger partial charge in [0, 0.05) is 11.8 Å². The van der Waals surface area contributed by atoms with Crippen molar-refractivity contribution in [2.45, 2.75) is 9.92 Å². The topological polar surface area (TPSA) is 109 Å². The van der Waals surface area contributed by atoms with E-state index >= 15 is 0 Å². The van der Waals surface area contributed by atoms with Crippen LogP contribution in [0.3, 0.4) is 0 Å². The molecule has 160 valence electrons. The summed E-state index contributed by atoms with van der Waals surface area (Å²) in [4.78, 5) is 17.0. The molecule has 0 unspecified atom stereocenters. The minimum atomic E-state index is -3.28. The molecule has 6 nitrogen and oxygen atoms in total. The summed E-state index contributed by atoms with van der Waals surface area (Å²) in [6.07, 6.45) is 1.48. The third kappa shape index (κ3) is 4.35. The van der Waals surface area contributed by atoms with Gasteiger partial charge in [0.15, 0.2) is 0 Å². The van der Waals surface area contributed by atoms with Crippen molar-refractivity contribution in [3.8, 4) is 11.1 Å². The zero-order valence-corrected chi connectivity index (χ0v) is 17.6. The number of carbonyl (C=O) groups excluding carboxylic acids is 1. The molecule has 4 rings (SSSR count). The van der Waals surface area contributed by atoms with Crippen LogP contribution in [0.5, 0.6) is 0 Å². The van der Waals surface area contributed by atoms with E-state index in [4.69, 9.17) is 10.5 Å². The fourth-order valence-corrected chi connectivity index (χ4v) is 4.36. The van der Waals surface area contributed by atoms with E-state index in [1.807, 2.05) is 0 Å². The predicted molar refractivity (Wildman–Crippen MR) is 122 cm³/mol. The molecule has 1 amide bonds. The van der Waals surface area contributed by atoms with Crippen molar-refractivity contribution in [3.05, 3.63) is 103 Å². The van der Waals surface area contributed by atoms with E-state index in [0.29, 0.717) is 16.9 Å². The Morgan fingerprint density at radius 2 is 1.62 bits per heavy atom. The summed E-state index contributed by atoms with van der Waals surface area (Å²) in [7, 11) is -3.28. The molecule has 4 N–H and O–H groups in total. The molecule has 1 heterocycles. The van der Waals surface area contributed by atoms with E-state index in [0.717, 1.165) is 11.1 Å². The van der Waals surface area contributed by atoms with Gasteiger partial charge >= 0.3 is 0 Å². The van der Waals surface area contributed by atoms with Crippen LogP contribution in [0.4, 0.5) is 15.8 Å². The summed E-state index contributed by atoms with van der Waals surface area (Å²) in [6, 6.07) is 22.0. The van der Waals surface area contributed by atoms with Gasteiger partial charge in [0.2, 0.25) is 0 Å². The Morgan fingerprint density at radius 3 is 2.28 bits per heavy atom. The highest BCUT2D eigenvalue weighted by Crippen LogP contribution is 2.28. The van der Waals surface area contributed by atoms with Crippen molar-refractivity contribution >= 4 is 27.0 Å². The number of halogens is 1. The molecule has 0 aliphatic rings. The Balaban J connectivity index is 1.56. The summed E-state index contributed by atoms with van der Waals surface area (Å²) in [6.45, 7) is 0. The first-order valence-electron chi connectivity index (χ1n) is 9.61. The Morgan fingerprint density at radius 1 is 0.938 bits per heavy atom. The molecule has 1 aromatic heterocycles. The first-order chi connectivity index (χ1) is 15.3. The van der Waals surface area contributed by atoms with Crippen molar-refractivity contribution < 1.29 is 13.4 Å². The molecule has 0 saturated carbocycles. The highest BCUT2D eigenvalue weighted by molar-refractivity contribution is 7.92. The molecule has 3 aromatic carbocycles. The van der Waals surface area contributed by atoms with Gasteiger partial charge in [-0.25, -0.2) is 18.4 Å². The molecule has 4 aromatic rings. The maximum absolute atomic E-state index is 13.2. The molecular weight excluding hydrogens is 427 g/mol. The Bertz CT molecular complexity index is 1370. The van der Waals surface area contributed by atoms with E-state index in [1.165, 1.54) is 48.7 Å². The van der Waals surface area contributed by atoms with E-state index in [2.05, 4.69) is 10.3 Å². The molecular formula is C24H19FN4O2S. The lowest BCUT2D eigenvalue weighted by molar-refractivity contribution is 0.102. The number of nitrogens with zero attached hydrogens (tertiary/aromatic N) is 1. The van der Waals surface area contributed by atoms with Gasteiger partial charge in [0.25, 0.3) is 5.91 Å². The first-order valence-corrected chi connectivity index (χ1v) is 11.2. The quantitative estimate of drug-likeness (QED) is 0.367. The summed E-state index contributed by atoms with van der Waals surface area (Å²) in [5.41, 5.74) is 8.69. The number of hydrogen-bond donors (Lipinski definition) is 3. The number of amides is 1. The lowest BCUT2D eigenvalue weighted by Crippen LogP contribution is -2.13. The summed E-state index contributed by atoms with van der Waals surface area (Å²) in [5.74, 6) is -0.741. The van der Waals surface area contributed by atoms with Gasteiger partial charge in [-0.2, -0.15) is 0 Å². The average Bonchev–Trinajstić information content (AvgIpc) is 2.81. The second-order valence-electron chi connectivity index (χ2n) is 7.01. The highest BCUT2D eigenvalue weighted by atomic mass is 32.2. The van der Waals surface area contributed by atoms with Crippen molar-refractivity contribution in [2.24, 2.45) is 0 Å². The molecule has 0 spiro atoms. The molecule has 32 heavy (non-hydrogen) atoms. The van der Waals surface area contributed by atoms with Crippen LogP contribution in [0.25, 0.3) is 11.1 Å². The number of carbonyl (C=O) groups is 1. The van der Waals surface area contributed by atoms with Crippen molar-refractivity contribution in [1.29, 1.82) is 4.78 Å². The molecule has 0 saturated heterocycles. The van der Waals surface area contributed by atoms with Crippen LogP contribution in [0.2, 0.25) is 0 Å². The number of nitrogens with one attached hydrogen (secondary N) is 2. The normalized spacial score (nSPS) is 12.7. The Hall–Kier alpha value is -4.04. The van der Waals surface area contributed by atoms with E-state index in [1.54, 1.807) is 42.5 Å². The van der Waals surface area contributed by atoms with Crippen LogP contribution in [0, 0.1) is 10.6 Å². The monoisotopic (exact) mass is 446 g/mol. The van der Waals surface area contributed by atoms with E-state index in [-0.39, 0.29) is 15.7 Å². The number of nitrogen functional groups attached to an aromatic ring is 1. The Kier molecular flexibility index (Phi) is 5.70. The SMILES string of the molecule is N=[S@@](=O)(c1ccc(C(=O)Nc2cc(-c3ccc(F)cc3)ccc2N)cc1)c1ccccn1. The highest BCUT2D eigenvalue weighted by Gasteiger charge is 2.16. The lowest BCUT2D eigenvalue weighted by Gasteiger charge is -2.12. The van der Waals surface area contributed by atoms with Crippen LogP contribution in [0.1, 0.15) is 10.4 Å². The Labute approximate surface area is 184 Å². The largest absolute Gasteiger partial charge is 0.397 e. The second kappa shape index (κ2) is 8.60. The predicted octanol–water partition coefficient (Wildman–Crippen LogP) is 5.19. The van der Waals surface area contributed by atoms with Gasteiger partial charge in [-0.15, -0.1) is 0 Å². The van der Waals surface area contributed by atoms with Crippen molar-refractivity contribution in [1.82, 2.24) is 4.98 Å². The average molecular weight is 447 g/mol. The number of hydrogen-bond acceptors (Lipinski definition) is 5.